The first-order chi connectivity index (χ1) is 16.7. The van der Waals surface area contributed by atoms with Crippen molar-refractivity contribution >= 4 is 29.8 Å². The number of benzene rings is 2. The third-order valence-electron chi connectivity index (χ3n) is 5.23. The van der Waals surface area contributed by atoms with Crippen LogP contribution >= 0.6 is 0 Å². The van der Waals surface area contributed by atoms with Crippen molar-refractivity contribution in [3.05, 3.63) is 91.0 Å². The second kappa shape index (κ2) is 13.4. The molecule has 0 radical (unpaired) electrons. The fourth-order valence-electron chi connectivity index (χ4n) is 3.50. The summed E-state index contributed by atoms with van der Waals surface area (Å²) in [5.74, 6) is 0. The zero-order valence-electron chi connectivity index (χ0n) is 21.9. The number of rotatable bonds is 8. The Balaban J connectivity index is 0.000000360. The summed E-state index contributed by atoms with van der Waals surface area (Å²) in [5, 5.41) is 30.3. The maximum absolute atomic E-state index is 10.8. The first-order valence-corrected chi connectivity index (χ1v) is 11.7. The minimum Gasteiger partial charge on any atom is -0.396 e. The number of aliphatic hydroxyl groups is 1. The van der Waals surface area contributed by atoms with Crippen LogP contribution in [0.15, 0.2) is 48.6 Å². The fraction of sp³-hybridized carbons (Fsp3) is 0.393. The van der Waals surface area contributed by atoms with E-state index in [4.69, 9.17) is 5.11 Å². The summed E-state index contributed by atoms with van der Waals surface area (Å²) < 4.78 is 0. The van der Waals surface area contributed by atoms with E-state index in [-0.39, 0.29) is 28.8 Å². The molecular formula is C28H36N2O6. The molecule has 1 N–H and O–H groups in total. The molecule has 0 fully saturated rings. The van der Waals surface area contributed by atoms with E-state index >= 15 is 0 Å². The van der Waals surface area contributed by atoms with Gasteiger partial charge in [0.1, 0.15) is 6.29 Å². The van der Waals surface area contributed by atoms with Crippen molar-refractivity contribution in [1.29, 1.82) is 0 Å². The van der Waals surface area contributed by atoms with Gasteiger partial charge in [0.25, 0.3) is 11.4 Å². The molecule has 0 amide bonds. The van der Waals surface area contributed by atoms with Crippen LogP contribution in [0.3, 0.4) is 0 Å². The number of non-ortho nitro benzene ring substituents is 2. The van der Waals surface area contributed by atoms with Crippen LogP contribution in [0, 0.1) is 20.2 Å². The molecule has 0 saturated carbocycles. The zero-order chi connectivity index (χ0) is 27.5. The molecule has 8 heteroatoms. The molecule has 194 valence electrons. The SMILES string of the molecule is CC(C)(C)c1ccc([N+](=O)[O-])cc1C=CCC=O.CC(C)(C)c1ccc([N+](=O)[O-])cc1C=CCCO. The molecule has 0 spiro atoms. The Morgan fingerprint density at radius 2 is 1.19 bits per heavy atom. The summed E-state index contributed by atoms with van der Waals surface area (Å²) in [6.07, 6.45) is 8.80. The molecule has 36 heavy (non-hydrogen) atoms. The Morgan fingerprint density at radius 1 is 0.778 bits per heavy atom. The van der Waals surface area contributed by atoms with Crippen LogP contribution in [-0.4, -0.2) is 27.8 Å². The van der Waals surface area contributed by atoms with Gasteiger partial charge in [0.05, 0.1) is 9.85 Å². The molecule has 0 aromatic heterocycles. The summed E-state index contributed by atoms with van der Waals surface area (Å²) in [4.78, 5) is 31.0. The van der Waals surface area contributed by atoms with Crippen LogP contribution in [0.2, 0.25) is 0 Å². The van der Waals surface area contributed by atoms with Crippen molar-refractivity contribution in [2.75, 3.05) is 6.61 Å². The molecule has 0 atom stereocenters. The standard InChI is InChI=1S/C14H19NO3.C14H17NO3/c2*1-14(2,3)13-8-7-12(15(17)18)10-11(13)6-4-5-9-16/h4,6-8,10,16H,5,9H2,1-3H3;4,6-10H,5H2,1-3H3. The number of hydrogen-bond donors (Lipinski definition) is 1. The van der Waals surface area contributed by atoms with Crippen LogP contribution in [0.4, 0.5) is 11.4 Å². The quantitative estimate of drug-likeness (QED) is 0.244. The van der Waals surface area contributed by atoms with E-state index in [1.165, 1.54) is 12.1 Å². The summed E-state index contributed by atoms with van der Waals surface area (Å²) >= 11 is 0. The fourth-order valence-corrected chi connectivity index (χ4v) is 3.50. The molecule has 0 aliphatic carbocycles. The minimum absolute atomic E-state index is 0.0637. The molecule has 0 aliphatic heterocycles. The Bertz CT molecular complexity index is 1120. The van der Waals surface area contributed by atoms with Gasteiger partial charge in [-0.15, -0.1) is 0 Å². The van der Waals surface area contributed by atoms with E-state index in [2.05, 4.69) is 20.8 Å². The Hall–Kier alpha value is -3.65. The van der Waals surface area contributed by atoms with Crippen molar-refractivity contribution in [3.8, 4) is 0 Å². The van der Waals surface area contributed by atoms with E-state index < -0.39 is 9.85 Å². The lowest BCUT2D eigenvalue weighted by Crippen LogP contribution is -2.13. The predicted molar refractivity (Wildman–Crippen MR) is 144 cm³/mol. The van der Waals surface area contributed by atoms with Crippen molar-refractivity contribution in [1.82, 2.24) is 0 Å². The highest BCUT2D eigenvalue weighted by atomic mass is 16.6. The molecule has 0 heterocycles. The zero-order valence-corrected chi connectivity index (χ0v) is 21.9. The number of carbonyl (C=O) groups is 1. The molecular weight excluding hydrogens is 460 g/mol. The maximum Gasteiger partial charge on any atom is 0.270 e. The van der Waals surface area contributed by atoms with Gasteiger partial charge < -0.3 is 9.90 Å². The van der Waals surface area contributed by atoms with Crippen LogP contribution < -0.4 is 0 Å². The summed E-state index contributed by atoms with van der Waals surface area (Å²) in [6, 6.07) is 9.74. The van der Waals surface area contributed by atoms with Gasteiger partial charge in [-0.2, -0.15) is 0 Å². The number of carbonyl (C=O) groups excluding carboxylic acids is 1. The topological polar surface area (TPSA) is 124 Å². The third-order valence-corrected chi connectivity index (χ3v) is 5.23. The molecule has 0 aliphatic rings. The average molecular weight is 497 g/mol. The molecule has 8 nitrogen and oxygen atoms in total. The largest absolute Gasteiger partial charge is 0.396 e. The number of nitro groups is 2. The highest BCUT2D eigenvalue weighted by Crippen LogP contribution is 2.31. The molecule has 0 unspecified atom stereocenters. The van der Waals surface area contributed by atoms with E-state index in [0.717, 1.165) is 28.5 Å². The van der Waals surface area contributed by atoms with Gasteiger partial charge in [-0.1, -0.05) is 78.0 Å². The van der Waals surface area contributed by atoms with Gasteiger partial charge >= 0.3 is 0 Å². The Morgan fingerprint density at radius 3 is 1.53 bits per heavy atom. The van der Waals surface area contributed by atoms with Gasteiger partial charge in [0.2, 0.25) is 0 Å². The summed E-state index contributed by atoms with van der Waals surface area (Å²) in [5.41, 5.74) is 3.69. The number of allylic oxidation sites excluding steroid dienone is 1. The summed E-state index contributed by atoms with van der Waals surface area (Å²) in [6.45, 7) is 12.4. The van der Waals surface area contributed by atoms with Crippen molar-refractivity contribution in [2.24, 2.45) is 0 Å². The van der Waals surface area contributed by atoms with Crippen LogP contribution in [0.25, 0.3) is 12.2 Å². The normalized spacial score (nSPS) is 11.9. The number of aldehydes is 1. The molecule has 2 rings (SSSR count). The lowest BCUT2D eigenvalue weighted by atomic mass is 9.83. The molecule has 2 aromatic rings. The van der Waals surface area contributed by atoms with Gasteiger partial charge in [0.15, 0.2) is 0 Å². The van der Waals surface area contributed by atoms with Gasteiger partial charge in [-0.25, -0.2) is 0 Å². The van der Waals surface area contributed by atoms with Crippen LogP contribution in [-0.2, 0) is 15.6 Å². The summed E-state index contributed by atoms with van der Waals surface area (Å²) in [7, 11) is 0. The number of nitro benzene ring substituents is 2. The molecule has 2 aromatic carbocycles. The first kappa shape index (κ1) is 30.4. The highest BCUT2D eigenvalue weighted by molar-refractivity contribution is 5.63. The molecule has 0 bridgehead atoms. The van der Waals surface area contributed by atoms with Crippen molar-refractivity contribution in [2.45, 2.75) is 65.2 Å². The first-order valence-electron chi connectivity index (χ1n) is 11.7. The highest BCUT2D eigenvalue weighted by Gasteiger charge is 2.20. The smallest absolute Gasteiger partial charge is 0.270 e. The van der Waals surface area contributed by atoms with E-state index in [1.54, 1.807) is 36.4 Å². The number of nitrogens with zero attached hydrogens (tertiary/aromatic N) is 2. The Kier molecular flexibility index (Phi) is 11.3. The third kappa shape index (κ3) is 9.54. The van der Waals surface area contributed by atoms with Crippen LogP contribution in [0.5, 0.6) is 0 Å². The van der Waals surface area contributed by atoms with Crippen molar-refractivity contribution < 1.29 is 19.7 Å². The second-order valence-electron chi connectivity index (χ2n) is 10.3. The van der Waals surface area contributed by atoms with Crippen LogP contribution in [0.1, 0.15) is 76.6 Å². The number of aliphatic hydroxyl groups excluding tert-OH is 1. The lowest BCUT2D eigenvalue weighted by molar-refractivity contribution is -0.385. The Labute approximate surface area is 212 Å². The van der Waals surface area contributed by atoms with Gasteiger partial charge in [-0.05, 0) is 39.5 Å². The molecule has 0 saturated heterocycles. The monoisotopic (exact) mass is 496 g/mol. The lowest BCUT2D eigenvalue weighted by Gasteiger charge is -2.21. The van der Waals surface area contributed by atoms with Gasteiger partial charge in [0, 0.05) is 37.3 Å². The van der Waals surface area contributed by atoms with E-state index in [0.29, 0.717) is 12.8 Å². The second-order valence-corrected chi connectivity index (χ2v) is 10.3. The predicted octanol–water partition coefficient (Wildman–Crippen LogP) is 6.78. The van der Waals surface area contributed by atoms with E-state index in [1.807, 2.05) is 32.9 Å². The van der Waals surface area contributed by atoms with Crippen molar-refractivity contribution in [3.63, 3.8) is 0 Å². The van der Waals surface area contributed by atoms with Gasteiger partial charge in [-0.3, -0.25) is 20.2 Å². The minimum atomic E-state index is -0.413. The maximum atomic E-state index is 10.8. The average Bonchev–Trinajstić information content (AvgIpc) is 2.78. The van der Waals surface area contributed by atoms with E-state index in [9.17, 15) is 25.0 Å². The number of hydrogen-bond acceptors (Lipinski definition) is 6.